The maximum absolute atomic E-state index is 6.52. The second-order valence-corrected chi connectivity index (χ2v) is 10.2. The predicted molar refractivity (Wildman–Crippen MR) is 172 cm³/mol. The molecular formula is C39H28O. The molecule has 0 unspecified atom stereocenters. The van der Waals surface area contributed by atoms with Crippen LogP contribution in [0, 0.1) is 6.92 Å². The molecule has 0 amide bonds. The summed E-state index contributed by atoms with van der Waals surface area (Å²) in [6.07, 6.45) is 6.07. The zero-order valence-corrected chi connectivity index (χ0v) is 22.4. The summed E-state index contributed by atoms with van der Waals surface area (Å²) >= 11 is 0. The molecule has 190 valence electrons. The number of fused-ring (bicyclic) bond motifs is 4. The van der Waals surface area contributed by atoms with E-state index in [-0.39, 0.29) is 0 Å². The molecule has 1 nitrogen and oxygen atoms in total. The summed E-state index contributed by atoms with van der Waals surface area (Å²) in [5.41, 5.74) is 11.4. The average molecular weight is 513 g/mol. The van der Waals surface area contributed by atoms with Gasteiger partial charge in [-0.2, -0.15) is 0 Å². The van der Waals surface area contributed by atoms with E-state index in [2.05, 4.69) is 129 Å². The van der Waals surface area contributed by atoms with Crippen LogP contribution in [0.25, 0.3) is 72.2 Å². The predicted octanol–water partition coefficient (Wildman–Crippen LogP) is 11.2. The van der Waals surface area contributed by atoms with Gasteiger partial charge in [-0.3, -0.25) is 0 Å². The Labute approximate surface area is 234 Å². The van der Waals surface area contributed by atoms with Crippen LogP contribution in [0.2, 0.25) is 0 Å². The highest BCUT2D eigenvalue weighted by Crippen LogP contribution is 2.46. The minimum atomic E-state index is 0.906. The number of para-hydroxylation sites is 2. The highest BCUT2D eigenvalue weighted by atomic mass is 16.3. The molecule has 7 rings (SSSR count). The van der Waals surface area contributed by atoms with E-state index >= 15 is 0 Å². The molecule has 0 aliphatic rings. The van der Waals surface area contributed by atoms with Gasteiger partial charge in [0.15, 0.2) is 0 Å². The van der Waals surface area contributed by atoms with Gasteiger partial charge in [0, 0.05) is 21.9 Å². The lowest BCUT2D eigenvalue weighted by Crippen LogP contribution is -1.96. The first-order chi connectivity index (χ1) is 19.7. The van der Waals surface area contributed by atoms with Gasteiger partial charge in [-0.15, -0.1) is 0 Å². The lowest BCUT2D eigenvalue weighted by atomic mass is 9.83. The van der Waals surface area contributed by atoms with Crippen LogP contribution in [0.5, 0.6) is 0 Å². The normalized spacial score (nSPS) is 11.6. The van der Waals surface area contributed by atoms with Crippen LogP contribution in [-0.4, -0.2) is 0 Å². The fraction of sp³-hybridized carbons (Fsp3) is 0.0256. The lowest BCUT2D eigenvalue weighted by molar-refractivity contribution is 0.670. The minimum Gasteiger partial charge on any atom is -0.455 e. The molecule has 0 spiro atoms. The fourth-order valence-electron chi connectivity index (χ4n) is 6.05. The maximum atomic E-state index is 6.52. The molecule has 0 fully saturated rings. The van der Waals surface area contributed by atoms with Gasteiger partial charge >= 0.3 is 0 Å². The van der Waals surface area contributed by atoms with Crippen LogP contribution in [0.15, 0.2) is 144 Å². The first-order valence-electron chi connectivity index (χ1n) is 13.7. The summed E-state index contributed by atoms with van der Waals surface area (Å²) in [5, 5.41) is 4.69. The molecule has 40 heavy (non-hydrogen) atoms. The van der Waals surface area contributed by atoms with Crippen molar-refractivity contribution in [3.63, 3.8) is 0 Å². The van der Waals surface area contributed by atoms with Crippen LogP contribution in [0.3, 0.4) is 0 Å². The molecule has 0 saturated heterocycles. The summed E-state index contributed by atoms with van der Waals surface area (Å²) in [7, 11) is 0. The Morgan fingerprint density at radius 1 is 0.575 bits per heavy atom. The average Bonchev–Trinajstić information content (AvgIpc) is 3.40. The van der Waals surface area contributed by atoms with E-state index in [1.165, 1.54) is 49.7 Å². The van der Waals surface area contributed by atoms with Gasteiger partial charge in [-0.1, -0.05) is 134 Å². The third kappa shape index (κ3) is 3.87. The summed E-state index contributed by atoms with van der Waals surface area (Å²) in [6.45, 7) is 6.21. The molecular weight excluding hydrogens is 484 g/mol. The van der Waals surface area contributed by atoms with Crippen LogP contribution >= 0.6 is 0 Å². The lowest BCUT2D eigenvalue weighted by Gasteiger charge is -2.20. The fourth-order valence-corrected chi connectivity index (χ4v) is 6.05. The summed E-state index contributed by atoms with van der Waals surface area (Å²) in [4.78, 5) is 0. The number of hydrogen-bond donors (Lipinski definition) is 0. The molecule has 0 atom stereocenters. The summed E-state index contributed by atoms with van der Waals surface area (Å²) in [5.74, 6) is 0. The molecule has 6 aromatic carbocycles. The largest absolute Gasteiger partial charge is 0.455 e. The number of allylic oxidation sites excluding steroid dienone is 2. The SMILES string of the molecule is C=C/C=C\c1c(C)c(-c2cccc(-c3ccccc3)c2)c2ccccc2c1-c1cccc2c1oc1ccccc12. The highest BCUT2D eigenvalue weighted by molar-refractivity contribution is 6.16. The first-order valence-corrected chi connectivity index (χ1v) is 13.7. The Morgan fingerprint density at radius 2 is 1.20 bits per heavy atom. The zero-order valence-electron chi connectivity index (χ0n) is 22.4. The van der Waals surface area contributed by atoms with Gasteiger partial charge < -0.3 is 4.42 Å². The van der Waals surface area contributed by atoms with E-state index in [9.17, 15) is 0 Å². The van der Waals surface area contributed by atoms with Crippen LogP contribution in [-0.2, 0) is 0 Å². The van der Waals surface area contributed by atoms with Gasteiger partial charge in [0.2, 0.25) is 0 Å². The van der Waals surface area contributed by atoms with Crippen molar-refractivity contribution in [2.45, 2.75) is 6.92 Å². The Bertz CT molecular complexity index is 2070. The van der Waals surface area contributed by atoms with Crippen molar-refractivity contribution in [1.82, 2.24) is 0 Å². The summed E-state index contributed by atoms with van der Waals surface area (Å²) in [6, 6.07) is 43.0. The Morgan fingerprint density at radius 3 is 2.00 bits per heavy atom. The van der Waals surface area contributed by atoms with Gasteiger partial charge in [-0.25, -0.2) is 0 Å². The molecule has 7 aromatic rings. The van der Waals surface area contributed by atoms with Crippen molar-refractivity contribution in [2.75, 3.05) is 0 Å². The van der Waals surface area contributed by atoms with Gasteiger partial charge in [0.1, 0.15) is 11.2 Å². The Balaban J connectivity index is 1.57. The number of furan rings is 1. The second kappa shape index (κ2) is 9.87. The molecule has 0 bridgehead atoms. The number of benzene rings is 6. The first kappa shape index (κ1) is 23.9. The molecule has 1 heteroatoms. The molecule has 0 aliphatic heterocycles. The van der Waals surface area contributed by atoms with Crippen molar-refractivity contribution in [2.24, 2.45) is 0 Å². The monoisotopic (exact) mass is 512 g/mol. The van der Waals surface area contributed by atoms with Crippen LogP contribution < -0.4 is 0 Å². The number of rotatable bonds is 5. The van der Waals surface area contributed by atoms with Crippen molar-refractivity contribution in [3.05, 3.63) is 151 Å². The van der Waals surface area contributed by atoms with E-state index in [1.807, 2.05) is 24.3 Å². The van der Waals surface area contributed by atoms with Crippen molar-refractivity contribution in [3.8, 4) is 33.4 Å². The molecule has 0 N–H and O–H groups in total. The third-order valence-electron chi connectivity index (χ3n) is 7.85. The van der Waals surface area contributed by atoms with E-state index in [0.29, 0.717) is 0 Å². The molecule has 0 aliphatic carbocycles. The van der Waals surface area contributed by atoms with Crippen molar-refractivity contribution in [1.29, 1.82) is 0 Å². The topological polar surface area (TPSA) is 13.1 Å². The van der Waals surface area contributed by atoms with Gasteiger partial charge in [0.05, 0.1) is 0 Å². The second-order valence-electron chi connectivity index (χ2n) is 10.2. The maximum Gasteiger partial charge on any atom is 0.143 e. The van der Waals surface area contributed by atoms with Crippen LogP contribution in [0.1, 0.15) is 11.1 Å². The zero-order chi connectivity index (χ0) is 27.1. The van der Waals surface area contributed by atoms with Gasteiger partial charge in [0.25, 0.3) is 0 Å². The van der Waals surface area contributed by atoms with Crippen molar-refractivity contribution >= 4 is 38.8 Å². The third-order valence-corrected chi connectivity index (χ3v) is 7.85. The minimum absolute atomic E-state index is 0.906. The molecule has 0 radical (unpaired) electrons. The highest BCUT2D eigenvalue weighted by Gasteiger charge is 2.21. The number of hydrogen-bond acceptors (Lipinski definition) is 1. The molecule has 1 heterocycles. The summed E-state index contributed by atoms with van der Waals surface area (Å²) < 4.78 is 6.52. The van der Waals surface area contributed by atoms with E-state index in [4.69, 9.17) is 4.42 Å². The Hall–Kier alpha value is -5.14. The van der Waals surface area contributed by atoms with E-state index in [0.717, 1.165) is 27.5 Å². The van der Waals surface area contributed by atoms with E-state index < -0.39 is 0 Å². The Kier molecular flexibility index (Phi) is 5.91. The molecule has 0 saturated carbocycles. The van der Waals surface area contributed by atoms with Crippen molar-refractivity contribution < 1.29 is 4.42 Å². The van der Waals surface area contributed by atoms with E-state index in [1.54, 1.807) is 0 Å². The van der Waals surface area contributed by atoms with Gasteiger partial charge in [-0.05, 0) is 63.2 Å². The smallest absolute Gasteiger partial charge is 0.143 e. The standard InChI is InChI=1S/C39H28O/c1-3-4-18-30-26(2)37(29-17-12-16-28(25-29)27-14-6-5-7-15-27)32-20-8-9-21-33(32)38(30)35-23-13-22-34-31-19-10-11-24-36(31)40-39(34)35/h3-25H,1H2,2H3/b18-4-. The quantitative estimate of drug-likeness (QED) is 0.209. The van der Waals surface area contributed by atoms with Crippen LogP contribution in [0.4, 0.5) is 0 Å². The molecule has 1 aromatic heterocycles.